The number of anilines is 1. The number of aromatic nitrogens is 3. The zero-order valence-electron chi connectivity index (χ0n) is 15.1. The van der Waals surface area contributed by atoms with Crippen molar-refractivity contribution < 1.29 is 9.53 Å². The Balaban J connectivity index is 1.70. The standard InChI is InChI=1S/C19H20N4O2S2/c1-3-25-18(24)15-11-21-19(26-2)23-17(15)20-10-14-12-27-16(22-14)9-13-7-5-4-6-8-13/h4-8,11-12H,3,9-10H2,1-2H3,(H,20,21,23). The average Bonchev–Trinajstić information content (AvgIpc) is 3.14. The van der Waals surface area contributed by atoms with Crippen molar-refractivity contribution in [2.45, 2.75) is 25.0 Å². The molecule has 27 heavy (non-hydrogen) atoms. The van der Waals surface area contributed by atoms with E-state index >= 15 is 0 Å². The van der Waals surface area contributed by atoms with E-state index < -0.39 is 5.97 Å². The number of carbonyl (C=O) groups is 1. The molecule has 0 atom stereocenters. The topological polar surface area (TPSA) is 77.0 Å². The van der Waals surface area contributed by atoms with Gasteiger partial charge in [-0.05, 0) is 18.7 Å². The lowest BCUT2D eigenvalue weighted by Gasteiger charge is -2.10. The van der Waals surface area contributed by atoms with Gasteiger partial charge in [-0.1, -0.05) is 42.1 Å². The molecule has 3 rings (SSSR count). The Kier molecular flexibility index (Phi) is 6.78. The van der Waals surface area contributed by atoms with Crippen LogP contribution in [0.2, 0.25) is 0 Å². The molecule has 8 heteroatoms. The second kappa shape index (κ2) is 9.48. The minimum absolute atomic E-state index is 0.303. The molecule has 0 aliphatic heterocycles. The second-order valence-electron chi connectivity index (χ2n) is 5.59. The molecule has 0 saturated carbocycles. The highest BCUT2D eigenvalue weighted by Crippen LogP contribution is 2.20. The summed E-state index contributed by atoms with van der Waals surface area (Å²) in [4.78, 5) is 25.4. The van der Waals surface area contributed by atoms with Gasteiger partial charge in [0.15, 0.2) is 5.16 Å². The molecule has 0 bridgehead atoms. The molecule has 0 aliphatic carbocycles. The van der Waals surface area contributed by atoms with Crippen LogP contribution in [0.5, 0.6) is 0 Å². The number of hydrogen-bond donors (Lipinski definition) is 1. The summed E-state index contributed by atoms with van der Waals surface area (Å²) in [7, 11) is 0. The molecule has 0 fully saturated rings. The van der Waals surface area contributed by atoms with Crippen molar-refractivity contribution in [2.24, 2.45) is 0 Å². The zero-order valence-corrected chi connectivity index (χ0v) is 16.8. The van der Waals surface area contributed by atoms with E-state index in [4.69, 9.17) is 4.74 Å². The average molecular weight is 401 g/mol. The van der Waals surface area contributed by atoms with Gasteiger partial charge >= 0.3 is 5.97 Å². The molecule has 1 aromatic carbocycles. The molecule has 3 aromatic rings. The first kappa shape index (κ1) is 19.3. The van der Waals surface area contributed by atoms with Gasteiger partial charge in [0.25, 0.3) is 0 Å². The third-order valence-electron chi connectivity index (χ3n) is 3.68. The number of ether oxygens (including phenoxy) is 1. The van der Waals surface area contributed by atoms with E-state index in [1.54, 1.807) is 18.3 Å². The van der Waals surface area contributed by atoms with Crippen molar-refractivity contribution >= 4 is 34.9 Å². The number of rotatable bonds is 8. The van der Waals surface area contributed by atoms with E-state index in [-0.39, 0.29) is 0 Å². The fourth-order valence-corrected chi connectivity index (χ4v) is 3.58. The predicted molar refractivity (Wildman–Crippen MR) is 108 cm³/mol. The lowest BCUT2D eigenvalue weighted by molar-refractivity contribution is 0.0526. The van der Waals surface area contributed by atoms with Gasteiger partial charge in [-0.15, -0.1) is 11.3 Å². The lowest BCUT2D eigenvalue weighted by Crippen LogP contribution is -2.13. The second-order valence-corrected chi connectivity index (χ2v) is 7.30. The van der Waals surface area contributed by atoms with Crippen LogP contribution in [0.3, 0.4) is 0 Å². The van der Waals surface area contributed by atoms with Crippen LogP contribution in [0, 0.1) is 0 Å². The van der Waals surface area contributed by atoms with Crippen molar-refractivity contribution in [2.75, 3.05) is 18.2 Å². The summed E-state index contributed by atoms with van der Waals surface area (Å²) in [6, 6.07) is 10.2. The monoisotopic (exact) mass is 400 g/mol. The summed E-state index contributed by atoms with van der Waals surface area (Å²) >= 11 is 3.04. The first-order chi connectivity index (χ1) is 13.2. The van der Waals surface area contributed by atoms with E-state index in [0.717, 1.165) is 17.1 Å². The van der Waals surface area contributed by atoms with Gasteiger partial charge in [0.2, 0.25) is 0 Å². The van der Waals surface area contributed by atoms with E-state index in [9.17, 15) is 4.79 Å². The molecule has 0 saturated heterocycles. The molecule has 2 heterocycles. The maximum Gasteiger partial charge on any atom is 0.343 e. The van der Waals surface area contributed by atoms with E-state index in [2.05, 4.69) is 32.4 Å². The van der Waals surface area contributed by atoms with Gasteiger partial charge in [0, 0.05) is 18.0 Å². The van der Waals surface area contributed by atoms with Gasteiger partial charge in [0.05, 0.1) is 23.9 Å². The molecular formula is C19H20N4O2S2. The number of benzene rings is 1. The van der Waals surface area contributed by atoms with Crippen molar-refractivity contribution in [1.29, 1.82) is 0 Å². The number of nitrogens with zero attached hydrogens (tertiary/aromatic N) is 3. The molecule has 0 aliphatic rings. The molecule has 0 unspecified atom stereocenters. The highest BCUT2D eigenvalue weighted by Gasteiger charge is 2.16. The fraction of sp³-hybridized carbons (Fsp3) is 0.263. The number of carbonyl (C=O) groups excluding carboxylic acids is 1. The first-order valence-corrected chi connectivity index (χ1v) is 10.6. The van der Waals surface area contributed by atoms with Crippen LogP contribution in [0.1, 0.15) is 33.5 Å². The van der Waals surface area contributed by atoms with Gasteiger partial charge in [0.1, 0.15) is 11.4 Å². The summed E-state index contributed by atoms with van der Waals surface area (Å²) in [5, 5.41) is 6.86. The van der Waals surface area contributed by atoms with Crippen molar-refractivity contribution in [3.05, 3.63) is 63.7 Å². The van der Waals surface area contributed by atoms with Crippen molar-refractivity contribution in [3.8, 4) is 0 Å². The van der Waals surface area contributed by atoms with Crippen molar-refractivity contribution in [1.82, 2.24) is 15.0 Å². The Bertz CT molecular complexity index is 900. The number of esters is 1. The van der Waals surface area contributed by atoms with Gasteiger partial charge in [-0.2, -0.15) is 0 Å². The van der Waals surface area contributed by atoms with Crippen LogP contribution in [-0.2, 0) is 17.7 Å². The maximum atomic E-state index is 12.1. The Morgan fingerprint density at radius 2 is 2.07 bits per heavy atom. The van der Waals surface area contributed by atoms with Crippen LogP contribution >= 0.6 is 23.1 Å². The van der Waals surface area contributed by atoms with Crippen LogP contribution in [0.25, 0.3) is 0 Å². The molecule has 140 valence electrons. The molecule has 0 spiro atoms. The Hall–Kier alpha value is -2.45. The molecular weight excluding hydrogens is 380 g/mol. The summed E-state index contributed by atoms with van der Waals surface area (Å²) in [6.07, 6.45) is 4.20. The highest BCUT2D eigenvalue weighted by atomic mass is 32.2. The SMILES string of the molecule is CCOC(=O)c1cnc(SC)nc1NCc1csc(Cc2ccccc2)n1. The van der Waals surface area contributed by atoms with Gasteiger partial charge in [-0.3, -0.25) is 0 Å². The quantitative estimate of drug-likeness (QED) is 0.347. The number of thiazole rings is 1. The zero-order chi connectivity index (χ0) is 19.1. The predicted octanol–water partition coefficient (Wildman–Crippen LogP) is 4.03. The highest BCUT2D eigenvalue weighted by molar-refractivity contribution is 7.98. The molecule has 6 nitrogen and oxygen atoms in total. The summed E-state index contributed by atoms with van der Waals surface area (Å²) < 4.78 is 5.09. The first-order valence-electron chi connectivity index (χ1n) is 8.48. The largest absolute Gasteiger partial charge is 0.462 e. The van der Waals surface area contributed by atoms with Crippen LogP contribution in [0.4, 0.5) is 5.82 Å². The van der Waals surface area contributed by atoms with Crippen LogP contribution < -0.4 is 5.32 Å². The summed E-state index contributed by atoms with van der Waals surface area (Å²) in [5.41, 5.74) is 2.47. The van der Waals surface area contributed by atoms with Gasteiger partial charge < -0.3 is 10.1 Å². The molecule has 1 N–H and O–H groups in total. The summed E-state index contributed by atoms with van der Waals surface area (Å²) in [5.74, 6) is 0.0288. The number of hydrogen-bond acceptors (Lipinski definition) is 8. The van der Waals surface area contributed by atoms with Crippen LogP contribution in [-0.4, -0.2) is 33.8 Å². The third-order valence-corrected chi connectivity index (χ3v) is 5.14. The maximum absolute atomic E-state index is 12.1. The van der Waals surface area contributed by atoms with Crippen molar-refractivity contribution in [3.63, 3.8) is 0 Å². The minimum atomic E-state index is -0.435. The third kappa shape index (κ3) is 5.27. The Morgan fingerprint density at radius 1 is 1.26 bits per heavy atom. The normalized spacial score (nSPS) is 10.6. The van der Waals surface area contributed by atoms with E-state index in [1.807, 2.05) is 29.8 Å². The Labute approximate surface area is 166 Å². The van der Waals surface area contributed by atoms with Gasteiger partial charge in [-0.25, -0.2) is 19.7 Å². The minimum Gasteiger partial charge on any atom is -0.462 e. The smallest absolute Gasteiger partial charge is 0.343 e. The molecule has 2 aromatic heterocycles. The lowest BCUT2D eigenvalue weighted by atomic mass is 10.2. The number of nitrogens with one attached hydrogen (secondary N) is 1. The fourth-order valence-electron chi connectivity index (χ4n) is 2.41. The van der Waals surface area contributed by atoms with E-state index in [1.165, 1.54) is 23.5 Å². The molecule has 0 radical (unpaired) electrons. The molecule has 0 amide bonds. The van der Waals surface area contributed by atoms with E-state index in [0.29, 0.717) is 29.7 Å². The summed E-state index contributed by atoms with van der Waals surface area (Å²) in [6.45, 7) is 2.55. The van der Waals surface area contributed by atoms with Crippen LogP contribution in [0.15, 0.2) is 47.1 Å². The Morgan fingerprint density at radius 3 is 2.81 bits per heavy atom. The number of thioether (sulfide) groups is 1.